The monoisotopic (exact) mass is 306 g/mol. The van der Waals surface area contributed by atoms with Crippen LogP contribution in [0.4, 0.5) is 18.9 Å². The van der Waals surface area contributed by atoms with E-state index >= 15 is 0 Å². The highest BCUT2D eigenvalue weighted by molar-refractivity contribution is 6.33. The molecule has 0 radical (unpaired) electrons. The van der Waals surface area contributed by atoms with E-state index in [0.717, 1.165) is 12.2 Å². The van der Waals surface area contributed by atoms with Gasteiger partial charge in [-0.25, -0.2) is 0 Å². The molecule has 1 aromatic carbocycles. The van der Waals surface area contributed by atoms with Gasteiger partial charge in [0, 0.05) is 13.1 Å². The number of hydrogen-bond donors (Lipinski definition) is 1. The molecule has 1 heterocycles. The maximum atomic E-state index is 12.5. The summed E-state index contributed by atoms with van der Waals surface area (Å²) in [6.07, 6.45) is -3.63. The number of benzene rings is 1. The molecule has 0 aliphatic carbocycles. The van der Waals surface area contributed by atoms with Gasteiger partial charge in [0.2, 0.25) is 0 Å². The molecular formula is C14H18ClF3N2. The van der Waals surface area contributed by atoms with E-state index in [1.54, 1.807) is 6.07 Å². The largest absolute Gasteiger partial charge is 0.391 e. The van der Waals surface area contributed by atoms with Gasteiger partial charge in [0.25, 0.3) is 0 Å². The molecule has 1 aliphatic rings. The first kappa shape index (κ1) is 15.4. The van der Waals surface area contributed by atoms with Gasteiger partial charge in [0.05, 0.1) is 16.6 Å². The third-order valence-corrected chi connectivity index (χ3v) is 4.00. The molecule has 6 heteroatoms. The molecule has 0 atom stereocenters. The lowest BCUT2D eigenvalue weighted by Crippen LogP contribution is -2.40. The summed E-state index contributed by atoms with van der Waals surface area (Å²) in [5.74, 6) is -1.13. The van der Waals surface area contributed by atoms with Crippen molar-refractivity contribution in [3.05, 3.63) is 29.3 Å². The Morgan fingerprint density at radius 2 is 1.85 bits per heavy atom. The number of nitrogens with one attached hydrogen (secondary N) is 1. The fourth-order valence-electron chi connectivity index (χ4n) is 2.44. The third kappa shape index (κ3) is 4.28. The van der Waals surface area contributed by atoms with Crippen molar-refractivity contribution in [1.82, 2.24) is 4.90 Å². The Morgan fingerprint density at radius 1 is 1.20 bits per heavy atom. The summed E-state index contributed by atoms with van der Waals surface area (Å²) in [4.78, 5) is 2.06. The minimum Gasteiger partial charge on any atom is -0.383 e. The van der Waals surface area contributed by atoms with Crippen LogP contribution in [0.1, 0.15) is 12.8 Å². The molecule has 0 amide bonds. The van der Waals surface area contributed by atoms with Gasteiger partial charge in [0.1, 0.15) is 0 Å². The molecule has 1 N–H and O–H groups in total. The van der Waals surface area contributed by atoms with Crippen molar-refractivity contribution in [2.45, 2.75) is 19.0 Å². The zero-order valence-electron chi connectivity index (χ0n) is 11.1. The van der Waals surface area contributed by atoms with Gasteiger partial charge in [0.15, 0.2) is 0 Å². The van der Waals surface area contributed by atoms with Crippen molar-refractivity contribution >= 4 is 17.3 Å². The summed E-state index contributed by atoms with van der Waals surface area (Å²) >= 11 is 6.01. The molecular weight excluding hydrogens is 289 g/mol. The summed E-state index contributed by atoms with van der Waals surface area (Å²) in [5, 5.41) is 3.86. The zero-order valence-corrected chi connectivity index (χ0v) is 11.8. The first-order chi connectivity index (χ1) is 9.47. The van der Waals surface area contributed by atoms with Crippen LogP contribution < -0.4 is 5.32 Å². The van der Waals surface area contributed by atoms with Crippen LogP contribution in [-0.4, -0.2) is 37.3 Å². The second-order valence-electron chi connectivity index (χ2n) is 5.06. The molecule has 2 nitrogen and oxygen atoms in total. The van der Waals surface area contributed by atoms with Gasteiger partial charge in [-0.2, -0.15) is 13.2 Å². The zero-order chi connectivity index (χ0) is 14.6. The lowest BCUT2D eigenvalue weighted by atomic mass is 9.96. The standard InChI is InChI=1S/C14H18ClF3N2/c15-12-3-1-2-4-13(12)19-7-10-20-8-5-11(6-9-20)14(16,17)18/h1-4,11,19H,5-10H2. The van der Waals surface area contributed by atoms with Crippen LogP contribution in [0.15, 0.2) is 24.3 Å². The first-order valence-electron chi connectivity index (χ1n) is 6.74. The van der Waals surface area contributed by atoms with Gasteiger partial charge in [-0.15, -0.1) is 0 Å². The summed E-state index contributed by atoms with van der Waals surface area (Å²) in [6, 6.07) is 7.44. The smallest absolute Gasteiger partial charge is 0.383 e. The Hall–Kier alpha value is -0.940. The predicted molar refractivity (Wildman–Crippen MR) is 75.2 cm³/mol. The van der Waals surface area contributed by atoms with Gasteiger partial charge >= 0.3 is 6.18 Å². The van der Waals surface area contributed by atoms with E-state index in [4.69, 9.17) is 11.6 Å². The van der Waals surface area contributed by atoms with Crippen LogP contribution in [0, 0.1) is 5.92 Å². The number of piperidine rings is 1. The molecule has 1 aromatic rings. The summed E-state index contributed by atoms with van der Waals surface area (Å²) in [5.41, 5.74) is 0.861. The maximum absolute atomic E-state index is 12.5. The van der Waals surface area contributed by atoms with Crippen molar-refractivity contribution in [2.75, 3.05) is 31.5 Å². The van der Waals surface area contributed by atoms with Crippen LogP contribution in [0.3, 0.4) is 0 Å². The molecule has 112 valence electrons. The third-order valence-electron chi connectivity index (χ3n) is 3.67. The summed E-state index contributed by atoms with van der Waals surface area (Å²) < 4.78 is 37.6. The number of anilines is 1. The predicted octanol–water partition coefficient (Wildman–Crippen LogP) is 4.03. The fraction of sp³-hybridized carbons (Fsp3) is 0.571. The molecule has 0 bridgehead atoms. The number of alkyl halides is 3. The highest BCUT2D eigenvalue weighted by atomic mass is 35.5. The minimum absolute atomic E-state index is 0.204. The topological polar surface area (TPSA) is 15.3 Å². The second-order valence-corrected chi connectivity index (χ2v) is 5.47. The van der Waals surface area contributed by atoms with Crippen LogP contribution in [0.5, 0.6) is 0 Å². The number of para-hydroxylation sites is 1. The molecule has 1 aliphatic heterocycles. The minimum atomic E-state index is -4.04. The number of likely N-dealkylation sites (tertiary alicyclic amines) is 1. The normalized spacial score (nSPS) is 18.2. The maximum Gasteiger partial charge on any atom is 0.391 e. The number of rotatable bonds is 4. The summed E-state index contributed by atoms with van der Waals surface area (Å²) in [7, 11) is 0. The average Bonchev–Trinajstić information content (AvgIpc) is 2.40. The Kier molecular flexibility index (Phi) is 5.16. The number of hydrogen-bond acceptors (Lipinski definition) is 2. The fourth-order valence-corrected chi connectivity index (χ4v) is 2.64. The summed E-state index contributed by atoms with van der Waals surface area (Å²) in [6.45, 7) is 2.43. The number of nitrogens with zero attached hydrogens (tertiary/aromatic N) is 1. The highest BCUT2D eigenvalue weighted by Crippen LogP contribution is 2.33. The van der Waals surface area contributed by atoms with E-state index in [2.05, 4.69) is 10.2 Å². The van der Waals surface area contributed by atoms with Crippen LogP contribution >= 0.6 is 11.6 Å². The van der Waals surface area contributed by atoms with Gasteiger partial charge < -0.3 is 10.2 Å². The van der Waals surface area contributed by atoms with E-state index in [1.807, 2.05) is 18.2 Å². The lowest BCUT2D eigenvalue weighted by Gasteiger charge is -2.32. The Bertz CT molecular complexity index is 429. The lowest BCUT2D eigenvalue weighted by molar-refractivity contribution is -0.184. The SMILES string of the molecule is FC(F)(F)C1CCN(CCNc2ccccc2Cl)CC1. The van der Waals surface area contributed by atoms with E-state index in [9.17, 15) is 13.2 Å². The van der Waals surface area contributed by atoms with Gasteiger partial charge in [-0.3, -0.25) is 0 Å². The van der Waals surface area contributed by atoms with Crippen molar-refractivity contribution in [3.63, 3.8) is 0 Å². The van der Waals surface area contributed by atoms with Crippen molar-refractivity contribution in [1.29, 1.82) is 0 Å². The Balaban J connectivity index is 1.71. The molecule has 20 heavy (non-hydrogen) atoms. The van der Waals surface area contributed by atoms with Gasteiger partial charge in [-0.1, -0.05) is 23.7 Å². The van der Waals surface area contributed by atoms with Crippen LogP contribution in [0.2, 0.25) is 5.02 Å². The second kappa shape index (κ2) is 6.68. The first-order valence-corrected chi connectivity index (χ1v) is 7.12. The van der Waals surface area contributed by atoms with Crippen LogP contribution in [0.25, 0.3) is 0 Å². The Labute approximate surface area is 121 Å². The number of halogens is 4. The van der Waals surface area contributed by atoms with E-state index in [0.29, 0.717) is 24.7 Å². The van der Waals surface area contributed by atoms with Crippen molar-refractivity contribution in [2.24, 2.45) is 5.92 Å². The molecule has 0 spiro atoms. The molecule has 1 fully saturated rings. The quantitative estimate of drug-likeness (QED) is 0.903. The molecule has 0 saturated carbocycles. The van der Waals surface area contributed by atoms with Crippen molar-refractivity contribution in [3.8, 4) is 0 Å². The highest BCUT2D eigenvalue weighted by Gasteiger charge is 2.40. The molecule has 1 saturated heterocycles. The molecule has 0 unspecified atom stereocenters. The van der Waals surface area contributed by atoms with E-state index in [1.165, 1.54) is 0 Å². The van der Waals surface area contributed by atoms with E-state index in [-0.39, 0.29) is 12.8 Å². The van der Waals surface area contributed by atoms with Crippen molar-refractivity contribution < 1.29 is 13.2 Å². The average molecular weight is 307 g/mol. The van der Waals surface area contributed by atoms with Crippen LogP contribution in [-0.2, 0) is 0 Å². The van der Waals surface area contributed by atoms with E-state index < -0.39 is 12.1 Å². The molecule has 0 aromatic heterocycles. The molecule has 2 rings (SSSR count). The van der Waals surface area contributed by atoms with Gasteiger partial charge in [-0.05, 0) is 38.1 Å². The Morgan fingerprint density at radius 3 is 2.45 bits per heavy atom.